The third-order valence-corrected chi connectivity index (χ3v) is 5.04. The Hall–Kier alpha value is -0.790. The van der Waals surface area contributed by atoms with Gasteiger partial charge in [0.05, 0.1) is 0 Å². The van der Waals surface area contributed by atoms with Gasteiger partial charge >= 0.3 is 5.97 Å². The number of aliphatic carboxylic acids is 1. The minimum absolute atomic E-state index is 0.340. The van der Waals surface area contributed by atoms with E-state index in [1.165, 1.54) is 70.6 Å². The van der Waals surface area contributed by atoms with Crippen LogP contribution in [0.2, 0.25) is 0 Å². The van der Waals surface area contributed by atoms with E-state index in [4.69, 9.17) is 5.11 Å². The Labute approximate surface area is 137 Å². The third-order valence-electron chi connectivity index (χ3n) is 5.04. The van der Waals surface area contributed by atoms with Crippen LogP contribution in [0.25, 0.3) is 0 Å². The number of hydrogen-bond acceptors (Lipinski definition) is 1. The third kappa shape index (κ3) is 9.27. The van der Waals surface area contributed by atoms with E-state index in [1.807, 2.05) is 0 Å². The summed E-state index contributed by atoms with van der Waals surface area (Å²) in [5.41, 5.74) is 0. The van der Waals surface area contributed by atoms with Crippen LogP contribution in [0.15, 0.2) is 12.2 Å². The number of carbonyl (C=O) groups is 1. The van der Waals surface area contributed by atoms with E-state index in [0.29, 0.717) is 6.42 Å². The Morgan fingerprint density at radius 1 is 1.05 bits per heavy atom. The number of rotatable bonds is 13. The van der Waals surface area contributed by atoms with Gasteiger partial charge in [-0.05, 0) is 50.4 Å². The van der Waals surface area contributed by atoms with E-state index in [1.54, 1.807) is 0 Å². The average Bonchev–Trinajstić information content (AvgIpc) is 2.93. The van der Waals surface area contributed by atoms with Crippen molar-refractivity contribution in [3.63, 3.8) is 0 Å². The molecule has 0 amide bonds. The zero-order valence-corrected chi connectivity index (χ0v) is 14.6. The highest BCUT2D eigenvalue weighted by atomic mass is 16.4. The van der Waals surface area contributed by atoms with Gasteiger partial charge in [-0.1, -0.05) is 64.0 Å². The van der Waals surface area contributed by atoms with Gasteiger partial charge in [-0.15, -0.1) is 0 Å². The lowest BCUT2D eigenvalue weighted by atomic mass is 9.90. The van der Waals surface area contributed by atoms with Gasteiger partial charge in [0.15, 0.2) is 0 Å². The normalized spacial score (nSPS) is 21.7. The van der Waals surface area contributed by atoms with E-state index in [0.717, 1.165) is 24.7 Å². The van der Waals surface area contributed by atoms with E-state index in [9.17, 15) is 4.79 Å². The van der Waals surface area contributed by atoms with Gasteiger partial charge in [0, 0.05) is 6.42 Å². The maximum Gasteiger partial charge on any atom is 0.303 e. The molecule has 0 aromatic heterocycles. The second kappa shape index (κ2) is 12.7. The molecule has 1 saturated carbocycles. The highest BCUT2D eigenvalue weighted by Gasteiger charge is 2.24. The summed E-state index contributed by atoms with van der Waals surface area (Å²) in [5, 5.41) is 8.62. The number of allylic oxidation sites excluding steroid dienone is 2. The molecule has 0 heterocycles. The van der Waals surface area contributed by atoms with Crippen LogP contribution in [-0.4, -0.2) is 11.1 Å². The molecule has 2 atom stereocenters. The summed E-state index contributed by atoms with van der Waals surface area (Å²) >= 11 is 0. The second-order valence-electron chi connectivity index (χ2n) is 6.98. The van der Waals surface area contributed by atoms with Crippen molar-refractivity contribution < 1.29 is 9.90 Å². The molecule has 2 nitrogen and oxygen atoms in total. The van der Waals surface area contributed by atoms with E-state index in [2.05, 4.69) is 19.1 Å². The van der Waals surface area contributed by atoms with Crippen LogP contribution < -0.4 is 0 Å². The predicted molar refractivity (Wildman–Crippen MR) is 94.1 cm³/mol. The molecule has 2 heteroatoms. The van der Waals surface area contributed by atoms with Crippen molar-refractivity contribution in [2.45, 2.75) is 96.8 Å². The summed E-state index contributed by atoms with van der Waals surface area (Å²) in [7, 11) is 0. The summed E-state index contributed by atoms with van der Waals surface area (Å²) in [5.74, 6) is 1.07. The molecule has 1 aliphatic carbocycles. The molecule has 0 saturated heterocycles. The highest BCUT2D eigenvalue weighted by molar-refractivity contribution is 5.66. The van der Waals surface area contributed by atoms with Crippen molar-refractivity contribution in [3.8, 4) is 0 Å². The van der Waals surface area contributed by atoms with Gasteiger partial charge in [-0.25, -0.2) is 0 Å². The summed E-state index contributed by atoms with van der Waals surface area (Å²) in [6.45, 7) is 2.26. The smallest absolute Gasteiger partial charge is 0.303 e. The maximum atomic E-state index is 10.5. The van der Waals surface area contributed by atoms with Gasteiger partial charge in [-0.2, -0.15) is 0 Å². The average molecular weight is 309 g/mol. The summed E-state index contributed by atoms with van der Waals surface area (Å²) in [4.78, 5) is 10.5. The Bertz CT molecular complexity index is 309. The van der Waals surface area contributed by atoms with Crippen molar-refractivity contribution in [3.05, 3.63) is 12.2 Å². The fraction of sp³-hybridized carbons (Fsp3) is 0.850. The topological polar surface area (TPSA) is 37.3 Å². The van der Waals surface area contributed by atoms with Crippen LogP contribution >= 0.6 is 0 Å². The van der Waals surface area contributed by atoms with Crippen LogP contribution in [0.3, 0.4) is 0 Å². The maximum absolute atomic E-state index is 10.5. The first-order chi connectivity index (χ1) is 10.7. The molecular weight excluding hydrogens is 272 g/mol. The fourth-order valence-corrected chi connectivity index (χ4v) is 3.67. The van der Waals surface area contributed by atoms with Crippen LogP contribution in [0.4, 0.5) is 0 Å². The minimum atomic E-state index is -0.653. The number of hydrogen-bond donors (Lipinski definition) is 1. The van der Waals surface area contributed by atoms with Crippen LogP contribution in [0, 0.1) is 11.8 Å². The molecule has 1 rings (SSSR count). The molecule has 1 N–H and O–H groups in total. The van der Waals surface area contributed by atoms with Crippen molar-refractivity contribution in [2.75, 3.05) is 0 Å². The summed E-state index contributed by atoms with van der Waals surface area (Å²) in [6, 6.07) is 0. The van der Waals surface area contributed by atoms with Gasteiger partial charge in [0.25, 0.3) is 0 Å². The van der Waals surface area contributed by atoms with E-state index in [-0.39, 0.29) is 0 Å². The van der Waals surface area contributed by atoms with Crippen LogP contribution in [0.5, 0.6) is 0 Å². The van der Waals surface area contributed by atoms with Gasteiger partial charge in [0.2, 0.25) is 0 Å². The van der Waals surface area contributed by atoms with Crippen LogP contribution in [-0.2, 0) is 4.79 Å². The lowest BCUT2D eigenvalue weighted by Gasteiger charge is -2.16. The number of carboxylic acids is 1. The number of carboxylic acid groups (broad SMARTS) is 1. The molecule has 0 unspecified atom stereocenters. The molecule has 0 aliphatic heterocycles. The lowest BCUT2D eigenvalue weighted by Crippen LogP contribution is -2.05. The molecule has 0 aromatic rings. The molecule has 0 aromatic carbocycles. The molecule has 0 bridgehead atoms. The zero-order chi connectivity index (χ0) is 16.0. The van der Waals surface area contributed by atoms with E-state index < -0.39 is 5.97 Å². The van der Waals surface area contributed by atoms with E-state index >= 15 is 0 Å². The largest absolute Gasteiger partial charge is 0.481 e. The number of unbranched alkanes of at least 4 members (excludes halogenated alkanes) is 7. The van der Waals surface area contributed by atoms with Crippen molar-refractivity contribution in [1.29, 1.82) is 0 Å². The predicted octanol–water partition coefficient (Wildman–Crippen LogP) is 6.35. The Morgan fingerprint density at radius 3 is 2.59 bits per heavy atom. The molecule has 0 spiro atoms. The SMILES string of the molecule is CCCCCCC=C[C@H]1CCC[C@@H]1CCCCCCC(=O)O. The fourth-order valence-electron chi connectivity index (χ4n) is 3.67. The first-order valence-electron chi connectivity index (χ1n) is 9.62. The molecule has 22 heavy (non-hydrogen) atoms. The molecule has 1 aliphatic rings. The minimum Gasteiger partial charge on any atom is -0.481 e. The quantitative estimate of drug-likeness (QED) is 0.318. The molecular formula is C20H36O2. The Balaban J connectivity index is 2.07. The first kappa shape index (κ1) is 19.3. The standard InChI is InChI=1S/C20H36O2/c1-2-3-4-5-6-9-13-18-15-12-16-19(18)14-10-7-8-11-17-20(21)22/h9,13,18-19H,2-8,10-12,14-17H2,1H3,(H,21,22)/t18-,19-/m0/s1. The molecule has 128 valence electrons. The summed E-state index contributed by atoms with van der Waals surface area (Å²) in [6.07, 6.45) is 21.9. The Morgan fingerprint density at radius 2 is 1.82 bits per heavy atom. The first-order valence-corrected chi connectivity index (χ1v) is 9.62. The Kier molecular flexibility index (Phi) is 11.1. The molecule has 0 radical (unpaired) electrons. The monoisotopic (exact) mass is 308 g/mol. The van der Waals surface area contributed by atoms with Gasteiger partial charge in [0.1, 0.15) is 0 Å². The van der Waals surface area contributed by atoms with Crippen molar-refractivity contribution >= 4 is 5.97 Å². The van der Waals surface area contributed by atoms with Gasteiger partial charge in [-0.3, -0.25) is 4.79 Å². The second-order valence-corrected chi connectivity index (χ2v) is 6.98. The van der Waals surface area contributed by atoms with Crippen molar-refractivity contribution in [2.24, 2.45) is 11.8 Å². The highest BCUT2D eigenvalue weighted by Crippen LogP contribution is 2.36. The summed E-state index contributed by atoms with van der Waals surface area (Å²) < 4.78 is 0. The zero-order valence-electron chi connectivity index (χ0n) is 14.6. The lowest BCUT2D eigenvalue weighted by molar-refractivity contribution is -0.137. The van der Waals surface area contributed by atoms with Gasteiger partial charge < -0.3 is 5.11 Å². The molecule has 1 fully saturated rings. The van der Waals surface area contributed by atoms with Crippen molar-refractivity contribution in [1.82, 2.24) is 0 Å². The van der Waals surface area contributed by atoms with Crippen LogP contribution in [0.1, 0.15) is 96.8 Å².